The van der Waals surface area contributed by atoms with E-state index in [4.69, 9.17) is 0 Å². The Hall–Kier alpha value is -11.2. The van der Waals surface area contributed by atoms with Gasteiger partial charge in [0.05, 0.1) is 49.2 Å². The Bertz CT molecular complexity index is 6190. The highest BCUT2D eigenvalue weighted by Gasteiger charge is 2.44. The molecule has 0 saturated heterocycles. The number of hydrogen-bond donors (Lipinski definition) is 0. The van der Waals surface area contributed by atoms with Gasteiger partial charge in [-0.25, -0.2) is 0 Å². The number of para-hydroxylation sites is 3. The number of fused-ring (bicyclic) bond motifs is 14. The maximum atomic E-state index is 10.8. The van der Waals surface area contributed by atoms with Crippen LogP contribution in [-0.4, -0.2) is 15.8 Å². The first kappa shape index (κ1) is 51.3. The predicted molar refractivity (Wildman–Crippen MR) is 410 cm³/mol. The highest BCUT2D eigenvalue weighted by molar-refractivity contribution is 7.00. The maximum absolute atomic E-state index is 10.8. The summed E-state index contributed by atoms with van der Waals surface area (Å²) in [6.45, 7) is 19.9. The van der Waals surface area contributed by atoms with Crippen molar-refractivity contribution in [2.45, 2.75) is 78.6 Å². The van der Waals surface area contributed by atoms with Gasteiger partial charge in [-0.3, -0.25) is 0 Å². The van der Waals surface area contributed by atoms with Gasteiger partial charge in [0.2, 0.25) is 0 Å². The Labute approximate surface area is 572 Å². The molecule has 460 valence electrons. The third-order valence-electron chi connectivity index (χ3n) is 20.1. The Balaban J connectivity index is 1.16. The molecule has 2 aromatic heterocycles. The molecule has 96 heavy (non-hydrogen) atoms. The SMILES string of the molecule is [2H]c1c([2H])c([2H])c2c(c1[2H])c1c([2H])c(C#N)c([2H])c([2H])c1n2-c1cc2c3c(c1)-n1c4ccccc4c4ccccc4c4ccccc4c4cc(-c5ccc(C(C)(C)C)cc5)cc(c41)B3c1ccc(-c3cc(C(C)(C)C)cc(C(C)(C)C)c3)cc1N2c1c(-c2ccccc2)cccc1-c1ccccc1. The van der Waals surface area contributed by atoms with Gasteiger partial charge >= 0.3 is 0 Å². The lowest BCUT2D eigenvalue weighted by molar-refractivity contribution is 0.569. The number of benzene rings is 13. The average molecular weight is 1240 g/mol. The molecule has 0 N–H and O–H groups in total. The Morgan fingerprint density at radius 2 is 0.906 bits per heavy atom. The molecule has 4 nitrogen and oxygen atoms in total. The minimum Gasteiger partial charge on any atom is -0.310 e. The van der Waals surface area contributed by atoms with Gasteiger partial charge in [-0.1, -0.05) is 287 Å². The molecule has 0 aliphatic carbocycles. The van der Waals surface area contributed by atoms with Crippen LogP contribution in [0.5, 0.6) is 0 Å². The van der Waals surface area contributed by atoms with Crippen LogP contribution in [0.2, 0.25) is 0 Å². The highest BCUT2D eigenvalue weighted by Crippen LogP contribution is 2.51. The molecule has 0 fully saturated rings. The zero-order chi connectivity index (χ0) is 71.6. The van der Waals surface area contributed by atoms with E-state index in [1.165, 1.54) is 16.7 Å². The zero-order valence-corrected chi connectivity index (χ0v) is 55.4. The van der Waals surface area contributed by atoms with Crippen molar-refractivity contribution in [3.63, 3.8) is 0 Å². The highest BCUT2D eigenvalue weighted by atomic mass is 15.2. The van der Waals surface area contributed by atoms with Crippen LogP contribution in [0, 0.1) is 11.3 Å². The van der Waals surface area contributed by atoms with Crippen LogP contribution in [-0.2, 0) is 16.2 Å². The number of aromatic nitrogens is 2. The third kappa shape index (κ3) is 9.40. The number of nitrogens with zero attached hydrogens (tertiary/aromatic N) is 4. The maximum Gasteiger partial charge on any atom is 0.252 e. The molecular formula is C91H73BN4. The predicted octanol–water partition coefficient (Wildman–Crippen LogP) is 22.4. The standard InChI is InChI=1S/C91H73BN4/c1-89(2,3)64-43-40-58(41-44-64)63-50-77-73-32-19-17-30-71(73)70-29-16-18-31-72(70)74-33-20-23-38-81(74)95-84-54-67(94-80-37-22-21-34-75(80)76-47-57(56-93)39-46-82(76)94)55-85-86(84)92(79(51-63)88(77)95)78-45-42-61(62-48-65(90(4,5)6)53-66(49-62)91(7,8)9)52-83(78)96(85)87-68(59-25-12-10-13-26-59)35-24-36-69(87)60-27-14-11-15-28-60/h10-55H,1-9H3/i21D,22D,34D,37D,39D,46D,47D. The van der Waals surface area contributed by atoms with Crippen molar-refractivity contribution < 1.29 is 9.60 Å². The monoisotopic (exact) mass is 1240 g/mol. The molecule has 2 aliphatic rings. The third-order valence-corrected chi connectivity index (χ3v) is 20.1. The van der Waals surface area contributed by atoms with Crippen LogP contribution in [0.15, 0.2) is 279 Å². The Kier molecular flexibility index (Phi) is 11.7. The largest absolute Gasteiger partial charge is 0.310 e. The molecule has 0 radical (unpaired) electrons. The quantitative estimate of drug-likeness (QED) is 0.156. The molecule has 0 saturated carbocycles. The van der Waals surface area contributed by atoms with E-state index in [9.17, 15) is 14.9 Å². The van der Waals surface area contributed by atoms with E-state index in [0.29, 0.717) is 5.69 Å². The number of anilines is 3. The molecule has 0 atom stereocenters. The minimum atomic E-state index is -0.519. The molecule has 0 spiro atoms. The Morgan fingerprint density at radius 1 is 0.365 bits per heavy atom. The van der Waals surface area contributed by atoms with Crippen molar-refractivity contribution in [2.24, 2.45) is 0 Å². The molecular weight excluding hydrogens is 1160 g/mol. The number of nitriles is 1. The van der Waals surface area contributed by atoms with Crippen LogP contribution >= 0.6 is 0 Å². The lowest BCUT2D eigenvalue weighted by Crippen LogP contribution is -2.60. The summed E-state index contributed by atoms with van der Waals surface area (Å²) in [7, 11) is 0. The average Bonchev–Trinajstić information content (AvgIpc) is 1.68. The molecule has 0 amide bonds. The lowest BCUT2D eigenvalue weighted by Gasteiger charge is -2.43. The summed E-state index contributed by atoms with van der Waals surface area (Å²) in [5, 5.41) is 16.9. The molecule has 0 bridgehead atoms. The molecule has 5 heteroatoms. The smallest absolute Gasteiger partial charge is 0.252 e. The fourth-order valence-corrected chi connectivity index (χ4v) is 15.2. The van der Waals surface area contributed by atoms with Crippen LogP contribution in [0.1, 0.15) is 94.2 Å². The minimum absolute atomic E-state index is 0.0134. The van der Waals surface area contributed by atoms with E-state index in [0.717, 1.165) is 127 Å². The zero-order valence-electron chi connectivity index (χ0n) is 62.4. The van der Waals surface area contributed by atoms with Crippen molar-refractivity contribution in [1.29, 1.82) is 5.26 Å². The van der Waals surface area contributed by atoms with E-state index in [2.05, 4.69) is 296 Å². The van der Waals surface area contributed by atoms with E-state index in [1.807, 2.05) is 18.2 Å². The van der Waals surface area contributed by atoms with Gasteiger partial charge in [0, 0.05) is 55.3 Å². The first-order chi connectivity index (χ1) is 49.4. The number of rotatable bonds is 6. The molecule has 0 unspecified atom stereocenters. The van der Waals surface area contributed by atoms with E-state index in [-0.39, 0.29) is 43.6 Å². The summed E-state index contributed by atoms with van der Waals surface area (Å²) in [5.41, 5.74) is 19.4. The van der Waals surface area contributed by atoms with Gasteiger partial charge in [0.15, 0.2) is 0 Å². The second-order valence-electron chi connectivity index (χ2n) is 29.0. The lowest BCUT2D eigenvalue weighted by atomic mass is 9.33. The molecule has 17 rings (SSSR count). The first-order valence-corrected chi connectivity index (χ1v) is 33.3. The molecule has 4 heterocycles. The summed E-state index contributed by atoms with van der Waals surface area (Å²) in [5.74, 6) is 0. The van der Waals surface area contributed by atoms with Crippen molar-refractivity contribution >= 4 is 105 Å². The summed E-state index contributed by atoms with van der Waals surface area (Å²) < 4.78 is 72.2. The molecule has 15 aromatic rings. The fourth-order valence-electron chi connectivity index (χ4n) is 15.2. The van der Waals surface area contributed by atoms with Crippen molar-refractivity contribution in [3.8, 4) is 62.0 Å². The second kappa shape index (κ2) is 22.0. The van der Waals surface area contributed by atoms with E-state index < -0.39 is 49.0 Å². The molecule has 2 aliphatic heterocycles. The van der Waals surface area contributed by atoms with Gasteiger partial charge < -0.3 is 14.0 Å². The summed E-state index contributed by atoms with van der Waals surface area (Å²) in [6.07, 6.45) is 0. The van der Waals surface area contributed by atoms with Crippen molar-refractivity contribution in [1.82, 2.24) is 9.13 Å². The van der Waals surface area contributed by atoms with E-state index in [1.54, 1.807) is 4.57 Å². The van der Waals surface area contributed by atoms with Crippen LogP contribution in [0.25, 0.3) is 121 Å². The summed E-state index contributed by atoms with van der Waals surface area (Å²) in [4.78, 5) is 2.44. The normalized spacial score (nSPS) is 13.8. The summed E-state index contributed by atoms with van der Waals surface area (Å²) in [6, 6.07) is 84.7. The molecule has 13 aromatic carbocycles. The van der Waals surface area contributed by atoms with Crippen LogP contribution in [0.4, 0.5) is 17.1 Å². The van der Waals surface area contributed by atoms with E-state index >= 15 is 0 Å². The fraction of sp³-hybridized carbons (Fsp3) is 0.132. The van der Waals surface area contributed by atoms with Gasteiger partial charge in [-0.2, -0.15) is 5.26 Å². The first-order valence-electron chi connectivity index (χ1n) is 36.8. The van der Waals surface area contributed by atoms with Crippen LogP contribution in [0.3, 0.4) is 0 Å². The van der Waals surface area contributed by atoms with Gasteiger partial charge in [-0.05, 0) is 159 Å². The summed E-state index contributed by atoms with van der Waals surface area (Å²) >= 11 is 0. The van der Waals surface area contributed by atoms with Gasteiger partial charge in [0.1, 0.15) is 0 Å². The van der Waals surface area contributed by atoms with Crippen molar-refractivity contribution in [3.05, 3.63) is 301 Å². The number of hydrogen-bond acceptors (Lipinski definition) is 2. The Morgan fingerprint density at radius 3 is 1.53 bits per heavy atom. The van der Waals surface area contributed by atoms with Gasteiger partial charge in [0.25, 0.3) is 6.71 Å². The second-order valence-corrected chi connectivity index (χ2v) is 29.0. The van der Waals surface area contributed by atoms with Crippen molar-refractivity contribution in [2.75, 3.05) is 4.90 Å². The van der Waals surface area contributed by atoms with Crippen LogP contribution < -0.4 is 21.3 Å². The van der Waals surface area contributed by atoms with Gasteiger partial charge in [-0.15, -0.1) is 0 Å². The topological polar surface area (TPSA) is 36.9 Å².